The van der Waals surface area contributed by atoms with Gasteiger partial charge in [-0.15, -0.1) is 0 Å². The average molecular weight is 373 g/mol. The van der Waals surface area contributed by atoms with Crippen LogP contribution < -0.4 is 0 Å². The van der Waals surface area contributed by atoms with Crippen LogP contribution in [-0.4, -0.2) is 15.0 Å². The maximum atomic E-state index is 14.3. The summed E-state index contributed by atoms with van der Waals surface area (Å²) in [5, 5.41) is 0.994. The van der Waals surface area contributed by atoms with Crippen molar-refractivity contribution in [3.05, 3.63) is 66.1 Å². The number of fused-ring (bicyclic) bond motifs is 2. The number of oxazole rings is 1. The largest absolute Gasteiger partial charge is 0.443 e. The fraction of sp³-hybridized carbons (Fsp3) is 0.174. The van der Waals surface area contributed by atoms with Crippen LogP contribution in [0, 0.1) is 12.7 Å². The average Bonchev–Trinajstić information content (AvgIpc) is 3.37. The number of hydrogen-bond acceptors (Lipinski definition) is 2. The van der Waals surface area contributed by atoms with Gasteiger partial charge in [-0.05, 0) is 42.7 Å². The molecule has 2 aromatic carbocycles. The zero-order valence-corrected chi connectivity index (χ0v) is 15.9. The van der Waals surface area contributed by atoms with Gasteiger partial charge < -0.3 is 14.4 Å². The Labute approximate surface area is 161 Å². The number of aryl methyl sites for hydroxylation is 1. The fourth-order valence-electron chi connectivity index (χ4n) is 4.20. The molecule has 5 aromatic rings. The highest BCUT2D eigenvalue weighted by Crippen LogP contribution is 2.43. The van der Waals surface area contributed by atoms with Gasteiger partial charge in [-0.25, -0.2) is 9.37 Å². The number of nitrogens with one attached hydrogen (secondary N) is 2. The summed E-state index contributed by atoms with van der Waals surface area (Å²) in [4.78, 5) is 10.9. The highest BCUT2D eigenvalue weighted by Gasteiger charge is 2.24. The summed E-state index contributed by atoms with van der Waals surface area (Å²) in [5.41, 5.74) is 8.46. The number of H-pyrrole nitrogens is 2. The van der Waals surface area contributed by atoms with Crippen molar-refractivity contribution in [3.63, 3.8) is 0 Å². The first kappa shape index (κ1) is 16.8. The van der Waals surface area contributed by atoms with Crippen molar-refractivity contribution in [1.82, 2.24) is 15.0 Å². The number of rotatable bonds is 3. The molecule has 4 nitrogen and oxygen atoms in total. The van der Waals surface area contributed by atoms with Crippen molar-refractivity contribution >= 4 is 22.0 Å². The van der Waals surface area contributed by atoms with Crippen LogP contribution in [0.4, 0.5) is 4.39 Å². The normalized spacial score (nSPS) is 11.9. The summed E-state index contributed by atoms with van der Waals surface area (Å²) in [5.74, 6) is -0.0313. The Morgan fingerprint density at radius 3 is 2.79 bits per heavy atom. The van der Waals surface area contributed by atoms with Gasteiger partial charge in [0.05, 0.1) is 5.69 Å². The van der Waals surface area contributed by atoms with Crippen molar-refractivity contribution in [3.8, 4) is 22.4 Å². The molecule has 3 aromatic heterocycles. The zero-order chi connectivity index (χ0) is 19.4. The first-order chi connectivity index (χ1) is 13.5. The van der Waals surface area contributed by atoms with E-state index in [0.29, 0.717) is 0 Å². The lowest BCUT2D eigenvalue weighted by atomic mass is 9.90. The van der Waals surface area contributed by atoms with Crippen LogP contribution in [0.2, 0.25) is 0 Å². The Kier molecular flexibility index (Phi) is 3.66. The molecule has 0 saturated heterocycles. The standard InChI is InChI=1S/C23H20FN3O/c1-12(2)20-21(16-5-4-6-18-23(16)28-11-26-18)13(3)27-22(20)17-9-14(24)10-19-15(17)7-8-25-19/h4-12,25,27H,1-3H3. The van der Waals surface area contributed by atoms with Crippen molar-refractivity contribution in [2.75, 3.05) is 0 Å². The van der Waals surface area contributed by atoms with Crippen LogP contribution in [0.1, 0.15) is 31.0 Å². The Morgan fingerprint density at radius 2 is 1.96 bits per heavy atom. The van der Waals surface area contributed by atoms with Crippen LogP contribution in [-0.2, 0) is 0 Å². The van der Waals surface area contributed by atoms with Gasteiger partial charge in [0.15, 0.2) is 12.0 Å². The Hall–Kier alpha value is -3.34. The van der Waals surface area contributed by atoms with E-state index in [2.05, 4.69) is 34.9 Å². The van der Waals surface area contributed by atoms with E-state index in [1.165, 1.54) is 12.5 Å². The van der Waals surface area contributed by atoms with E-state index in [1.807, 2.05) is 31.3 Å². The molecule has 0 fully saturated rings. The van der Waals surface area contributed by atoms with E-state index in [-0.39, 0.29) is 11.7 Å². The Balaban J connectivity index is 1.86. The topological polar surface area (TPSA) is 57.6 Å². The number of aromatic amines is 2. The van der Waals surface area contributed by atoms with Crippen LogP contribution in [0.15, 0.2) is 53.4 Å². The molecule has 0 unspecified atom stereocenters. The molecule has 0 bridgehead atoms. The van der Waals surface area contributed by atoms with E-state index in [0.717, 1.165) is 55.6 Å². The van der Waals surface area contributed by atoms with Crippen LogP contribution in [0.5, 0.6) is 0 Å². The first-order valence-electron chi connectivity index (χ1n) is 9.36. The SMILES string of the molecule is Cc1[nH]c(-c2cc(F)cc3[nH]ccc23)c(C(C)C)c1-c1cccc2ncoc12. The molecular weight excluding hydrogens is 353 g/mol. The lowest BCUT2D eigenvalue weighted by Gasteiger charge is -2.13. The van der Waals surface area contributed by atoms with Crippen LogP contribution in [0.3, 0.4) is 0 Å². The summed E-state index contributed by atoms with van der Waals surface area (Å²) in [7, 11) is 0. The van der Waals surface area contributed by atoms with E-state index in [1.54, 1.807) is 6.07 Å². The molecule has 5 rings (SSSR count). The number of halogens is 1. The van der Waals surface area contributed by atoms with Crippen LogP contribution >= 0.6 is 0 Å². The summed E-state index contributed by atoms with van der Waals surface area (Å²) in [6.45, 7) is 6.36. The monoisotopic (exact) mass is 373 g/mol. The maximum absolute atomic E-state index is 14.3. The van der Waals surface area contributed by atoms with E-state index in [4.69, 9.17) is 4.42 Å². The molecule has 0 radical (unpaired) electrons. The minimum Gasteiger partial charge on any atom is -0.443 e. The second-order valence-corrected chi connectivity index (χ2v) is 7.47. The van der Waals surface area contributed by atoms with E-state index >= 15 is 0 Å². The summed E-state index contributed by atoms with van der Waals surface area (Å²) >= 11 is 0. The first-order valence-corrected chi connectivity index (χ1v) is 9.36. The molecule has 0 aliphatic carbocycles. The molecule has 28 heavy (non-hydrogen) atoms. The molecule has 3 heterocycles. The molecule has 140 valence electrons. The fourth-order valence-corrected chi connectivity index (χ4v) is 4.20. The second-order valence-electron chi connectivity index (χ2n) is 7.47. The third kappa shape index (κ3) is 2.39. The van der Waals surface area contributed by atoms with Crippen molar-refractivity contribution in [2.24, 2.45) is 0 Å². The van der Waals surface area contributed by atoms with Crippen LogP contribution in [0.25, 0.3) is 44.4 Å². The molecule has 5 heteroatoms. The van der Waals surface area contributed by atoms with Gasteiger partial charge in [0.2, 0.25) is 0 Å². The summed E-state index contributed by atoms with van der Waals surface area (Å²) in [6.07, 6.45) is 3.32. The van der Waals surface area contributed by atoms with Gasteiger partial charge in [-0.2, -0.15) is 0 Å². The van der Waals surface area contributed by atoms with Crippen molar-refractivity contribution in [2.45, 2.75) is 26.7 Å². The van der Waals surface area contributed by atoms with Gasteiger partial charge in [0.25, 0.3) is 0 Å². The van der Waals surface area contributed by atoms with Crippen molar-refractivity contribution in [1.29, 1.82) is 0 Å². The molecular formula is C23H20FN3O. The van der Waals surface area contributed by atoms with Gasteiger partial charge >= 0.3 is 0 Å². The smallest absolute Gasteiger partial charge is 0.182 e. The quantitative estimate of drug-likeness (QED) is 0.377. The minimum absolute atomic E-state index is 0.227. The predicted octanol–water partition coefficient (Wildman–Crippen LogP) is 6.54. The predicted molar refractivity (Wildman–Crippen MR) is 110 cm³/mol. The maximum Gasteiger partial charge on any atom is 0.182 e. The highest BCUT2D eigenvalue weighted by atomic mass is 19.1. The number of hydrogen-bond donors (Lipinski definition) is 2. The molecule has 0 spiro atoms. The van der Waals surface area contributed by atoms with Crippen molar-refractivity contribution < 1.29 is 8.81 Å². The molecule has 2 N–H and O–H groups in total. The third-order valence-corrected chi connectivity index (χ3v) is 5.33. The number of nitrogens with zero attached hydrogens (tertiary/aromatic N) is 1. The summed E-state index contributed by atoms with van der Waals surface area (Å²) < 4.78 is 20.0. The highest BCUT2D eigenvalue weighted by molar-refractivity contribution is 5.99. The summed E-state index contributed by atoms with van der Waals surface area (Å²) in [6, 6.07) is 11.1. The van der Waals surface area contributed by atoms with E-state index < -0.39 is 0 Å². The molecule has 0 aliphatic rings. The minimum atomic E-state index is -0.259. The number of benzene rings is 2. The molecule has 0 aliphatic heterocycles. The van der Waals surface area contributed by atoms with Gasteiger partial charge in [-0.1, -0.05) is 26.0 Å². The van der Waals surface area contributed by atoms with Gasteiger partial charge in [0.1, 0.15) is 11.3 Å². The lowest BCUT2D eigenvalue weighted by molar-refractivity contribution is 0.603. The van der Waals surface area contributed by atoms with Gasteiger partial charge in [-0.3, -0.25) is 0 Å². The molecule has 0 atom stereocenters. The number of aromatic nitrogens is 3. The lowest BCUT2D eigenvalue weighted by Crippen LogP contribution is -1.94. The Bertz CT molecular complexity index is 1320. The third-order valence-electron chi connectivity index (χ3n) is 5.33. The van der Waals surface area contributed by atoms with E-state index in [9.17, 15) is 4.39 Å². The number of para-hydroxylation sites is 1. The Morgan fingerprint density at radius 1 is 1.11 bits per heavy atom. The second kappa shape index (κ2) is 6.09. The molecule has 0 saturated carbocycles. The van der Waals surface area contributed by atoms with Gasteiger partial charge in [0, 0.05) is 39.5 Å². The molecule has 0 amide bonds. The zero-order valence-electron chi connectivity index (χ0n) is 15.9.